The first kappa shape index (κ1) is 17.6. The largest absolute Gasteiger partial charge is 0.303 e. The highest BCUT2D eigenvalue weighted by Crippen LogP contribution is 2.36. The molecule has 1 N–H and O–H groups in total. The van der Waals surface area contributed by atoms with Crippen molar-refractivity contribution in [3.05, 3.63) is 16.1 Å². The second kappa shape index (κ2) is 7.56. The molecule has 0 aromatic carbocycles. The number of thiazole rings is 1. The molecule has 20 heavy (non-hydrogen) atoms. The summed E-state index contributed by atoms with van der Waals surface area (Å²) < 4.78 is 0. The first-order valence-electron chi connectivity index (χ1n) is 8.08. The van der Waals surface area contributed by atoms with Crippen molar-refractivity contribution in [3.8, 4) is 0 Å². The van der Waals surface area contributed by atoms with Crippen LogP contribution in [0.4, 0.5) is 0 Å². The maximum absolute atomic E-state index is 4.95. The molecule has 0 bridgehead atoms. The molecule has 0 fully saturated rings. The third-order valence-corrected chi connectivity index (χ3v) is 5.15. The molecule has 2 unspecified atom stereocenters. The van der Waals surface area contributed by atoms with Crippen molar-refractivity contribution in [1.29, 1.82) is 0 Å². The molecule has 1 aromatic heterocycles. The van der Waals surface area contributed by atoms with Crippen LogP contribution in [0.1, 0.15) is 84.3 Å². The molecule has 0 saturated carbocycles. The minimum absolute atomic E-state index is 0.0431. The Kier molecular flexibility index (Phi) is 6.67. The Labute approximate surface area is 129 Å². The lowest BCUT2D eigenvalue weighted by Gasteiger charge is -2.36. The quantitative estimate of drug-likeness (QED) is 0.703. The third-order valence-electron chi connectivity index (χ3n) is 4.09. The Bertz CT molecular complexity index is 397. The second-order valence-electron chi connectivity index (χ2n) is 6.68. The fourth-order valence-electron chi connectivity index (χ4n) is 2.67. The van der Waals surface area contributed by atoms with Gasteiger partial charge in [-0.3, -0.25) is 0 Å². The van der Waals surface area contributed by atoms with E-state index < -0.39 is 0 Å². The molecule has 0 aliphatic heterocycles. The molecule has 1 aromatic rings. The average Bonchev–Trinajstić information content (AvgIpc) is 2.87. The van der Waals surface area contributed by atoms with Crippen molar-refractivity contribution in [2.75, 3.05) is 0 Å². The first-order valence-corrected chi connectivity index (χ1v) is 8.96. The van der Waals surface area contributed by atoms with Gasteiger partial charge in [0.05, 0.1) is 11.2 Å². The molecule has 1 rings (SSSR count). The highest BCUT2D eigenvalue weighted by Gasteiger charge is 2.35. The lowest BCUT2D eigenvalue weighted by Crippen LogP contribution is -2.46. The first-order chi connectivity index (χ1) is 9.34. The van der Waals surface area contributed by atoms with Crippen molar-refractivity contribution in [3.63, 3.8) is 0 Å². The minimum Gasteiger partial charge on any atom is -0.303 e. The van der Waals surface area contributed by atoms with E-state index in [1.807, 2.05) is 11.3 Å². The third kappa shape index (κ3) is 4.29. The SMILES string of the molecule is CCC(C)CC(CC)(NC(C)C)c1nc(C(C)C)cs1. The molecule has 1 heterocycles. The van der Waals surface area contributed by atoms with Crippen LogP contribution in [0, 0.1) is 5.92 Å². The number of nitrogens with one attached hydrogen (secondary N) is 1. The van der Waals surface area contributed by atoms with E-state index in [1.54, 1.807) is 0 Å². The summed E-state index contributed by atoms with van der Waals surface area (Å²) in [6.07, 6.45) is 3.49. The van der Waals surface area contributed by atoms with Gasteiger partial charge in [0.2, 0.25) is 0 Å². The minimum atomic E-state index is 0.0431. The zero-order valence-electron chi connectivity index (χ0n) is 14.3. The maximum atomic E-state index is 4.95. The topological polar surface area (TPSA) is 24.9 Å². The molecule has 2 atom stereocenters. The Balaban J connectivity index is 3.11. The van der Waals surface area contributed by atoms with E-state index in [1.165, 1.54) is 23.5 Å². The number of hydrogen-bond acceptors (Lipinski definition) is 3. The molecular weight excluding hydrogens is 264 g/mol. The van der Waals surface area contributed by atoms with Crippen LogP contribution in [-0.2, 0) is 5.54 Å². The summed E-state index contributed by atoms with van der Waals surface area (Å²) in [7, 11) is 0. The number of nitrogens with zero attached hydrogens (tertiary/aromatic N) is 1. The average molecular weight is 297 g/mol. The van der Waals surface area contributed by atoms with Gasteiger partial charge in [0.25, 0.3) is 0 Å². The normalized spacial score (nSPS) is 16.6. The summed E-state index contributed by atoms with van der Waals surface area (Å²) in [4.78, 5) is 4.95. The number of aromatic nitrogens is 1. The molecule has 0 radical (unpaired) electrons. The van der Waals surface area contributed by atoms with E-state index >= 15 is 0 Å². The Morgan fingerprint density at radius 2 is 1.85 bits per heavy atom. The zero-order valence-corrected chi connectivity index (χ0v) is 15.1. The van der Waals surface area contributed by atoms with Gasteiger partial charge in [-0.1, -0.05) is 41.0 Å². The molecule has 0 aliphatic carbocycles. The van der Waals surface area contributed by atoms with Gasteiger partial charge in [-0.2, -0.15) is 0 Å². The van der Waals surface area contributed by atoms with Gasteiger partial charge >= 0.3 is 0 Å². The summed E-state index contributed by atoms with van der Waals surface area (Å²) in [5.41, 5.74) is 1.28. The summed E-state index contributed by atoms with van der Waals surface area (Å²) in [6.45, 7) is 15.8. The highest BCUT2D eigenvalue weighted by atomic mass is 32.1. The second-order valence-corrected chi connectivity index (χ2v) is 7.54. The molecule has 3 heteroatoms. The molecule has 0 aliphatic rings. The van der Waals surface area contributed by atoms with Crippen LogP contribution >= 0.6 is 11.3 Å². The monoisotopic (exact) mass is 296 g/mol. The summed E-state index contributed by atoms with van der Waals surface area (Å²) in [5.74, 6) is 1.23. The van der Waals surface area contributed by atoms with Crippen molar-refractivity contribution in [2.45, 2.75) is 85.2 Å². The molecule has 0 saturated heterocycles. The Morgan fingerprint density at radius 1 is 1.20 bits per heavy atom. The van der Waals surface area contributed by atoms with E-state index in [0.717, 1.165) is 6.42 Å². The van der Waals surface area contributed by atoms with Crippen molar-refractivity contribution in [1.82, 2.24) is 10.3 Å². The van der Waals surface area contributed by atoms with Gasteiger partial charge in [-0.05, 0) is 38.5 Å². The molecule has 116 valence electrons. The molecule has 2 nitrogen and oxygen atoms in total. The number of rotatable bonds is 8. The Hall–Kier alpha value is -0.410. The van der Waals surface area contributed by atoms with Crippen LogP contribution in [0.3, 0.4) is 0 Å². The van der Waals surface area contributed by atoms with E-state index in [0.29, 0.717) is 17.9 Å². The van der Waals surface area contributed by atoms with E-state index in [4.69, 9.17) is 4.98 Å². The lowest BCUT2D eigenvalue weighted by atomic mass is 9.84. The molecule has 0 amide bonds. The van der Waals surface area contributed by atoms with Gasteiger partial charge in [0, 0.05) is 11.4 Å². The van der Waals surface area contributed by atoms with Crippen LogP contribution in [0.25, 0.3) is 0 Å². The summed E-state index contributed by atoms with van der Waals surface area (Å²) >= 11 is 1.83. The van der Waals surface area contributed by atoms with Crippen LogP contribution in [0.15, 0.2) is 5.38 Å². The van der Waals surface area contributed by atoms with Crippen molar-refractivity contribution in [2.24, 2.45) is 5.92 Å². The van der Waals surface area contributed by atoms with Gasteiger partial charge in [0.1, 0.15) is 5.01 Å². The Morgan fingerprint density at radius 3 is 2.25 bits per heavy atom. The molecule has 0 spiro atoms. The van der Waals surface area contributed by atoms with Gasteiger partial charge < -0.3 is 5.32 Å². The fraction of sp³-hybridized carbons (Fsp3) is 0.824. The van der Waals surface area contributed by atoms with Crippen LogP contribution in [0.5, 0.6) is 0 Å². The lowest BCUT2D eigenvalue weighted by molar-refractivity contribution is 0.231. The van der Waals surface area contributed by atoms with E-state index in [2.05, 4.69) is 59.2 Å². The maximum Gasteiger partial charge on any atom is 0.113 e. The van der Waals surface area contributed by atoms with Crippen LogP contribution in [0.2, 0.25) is 0 Å². The highest BCUT2D eigenvalue weighted by molar-refractivity contribution is 7.09. The standard InChI is InChI=1S/C17H32N2S/c1-8-14(7)10-17(9-2,19-13(5)6)16-18-15(11-20-16)12(3)4/h11-14,19H,8-10H2,1-7H3. The fourth-order valence-corrected chi connectivity index (χ4v) is 3.90. The van der Waals surface area contributed by atoms with E-state index in [9.17, 15) is 0 Å². The predicted molar refractivity (Wildman–Crippen MR) is 90.5 cm³/mol. The number of hydrogen-bond donors (Lipinski definition) is 1. The van der Waals surface area contributed by atoms with Crippen LogP contribution in [-0.4, -0.2) is 11.0 Å². The molecular formula is C17H32N2S. The van der Waals surface area contributed by atoms with Crippen LogP contribution < -0.4 is 5.32 Å². The summed E-state index contributed by atoms with van der Waals surface area (Å²) in [6, 6.07) is 0.477. The summed E-state index contributed by atoms with van der Waals surface area (Å²) in [5, 5.41) is 7.34. The van der Waals surface area contributed by atoms with Gasteiger partial charge in [-0.15, -0.1) is 11.3 Å². The smallest absolute Gasteiger partial charge is 0.113 e. The van der Waals surface area contributed by atoms with Crippen molar-refractivity contribution < 1.29 is 0 Å². The van der Waals surface area contributed by atoms with E-state index in [-0.39, 0.29) is 5.54 Å². The zero-order chi connectivity index (χ0) is 15.3. The predicted octanol–water partition coefficient (Wildman–Crippen LogP) is 5.31. The van der Waals surface area contributed by atoms with Crippen molar-refractivity contribution >= 4 is 11.3 Å². The van der Waals surface area contributed by atoms with Gasteiger partial charge in [-0.25, -0.2) is 4.98 Å². The van der Waals surface area contributed by atoms with Gasteiger partial charge in [0.15, 0.2) is 0 Å².